The van der Waals surface area contributed by atoms with E-state index in [1.54, 1.807) is 20.1 Å². The molecule has 34 heavy (non-hydrogen) atoms. The maximum absolute atomic E-state index is 13.0. The topological polar surface area (TPSA) is 100 Å². The van der Waals surface area contributed by atoms with E-state index in [-0.39, 0.29) is 23.9 Å². The lowest BCUT2D eigenvalue weighted by molar-refractivity contribution is -0.204. The molecular formula is C26H38N2O6. The molecule has 2 aliphatic carbocycles. The molecule has 2 aliphatic heterocycles. The number of likely N-dealkylation sites (N-methyl/N-ethyl adjacent to an activating group) is 1. The number of carbonyl (C=O) groups is 1. The van der Waals surface area contributed by atoms with Gasteiger partial charge in [-0.15, -0.1) is 0 Å². The molecule has 4 aliphatic rings. The van der Waals surface area contributed by atoms with Gasteiger partial charge in [-0.2, -0.15) is 0 Å². The maximum Gasteiger partial charge on any atom is 0.326 e. The first-order valence-corrected chi connectivity index (χ1v) is 12.4. The minimum atomic E-state index is -0.939. The van der Waals surface area contributed by atoms with Crippen LogP contribution in [0.1, 0.15) is 58.1 Å². The predicted octanol–water partition coefficient (Wildman–Crippen LogP) is 1.88. The van der Waals surface area contributed by atoms with Crippen LogP contribution >= 0.6 is 0 Å². The van der Waals surface area contributed by atoms with Crippen LogP contribution in [-0.4, -0.2) is 83.3 Å². The summed E-state index contributed by atoms with van der Waals surface area (Å²) < 4.78 is 18.7. The Morgan fingerprint density at radius 3 is 2.71 bits per heavy atom. The molecule has 2 bridgehead atoms. The number of phenolic OH excluding ortho intramolecular Hbond substituents is 1. The van der Waals surface area contributed by atoms with E-state index >= 15 is 0 Å². The molecule has 0 unspecified atom stereocenters. The van der Waals surface area contributed by atoms with Crippen LogP contribution in [0.2, 0.25) is 0 Å². The molecule has 8 nitrogen and oxygen atoms in total. The lowest BCUT2D eigenvalue weighted by Crippen LogP contribution is -2.78. The van der Waals surface area contributed by atoms with E-state index in [2.05, 4.69) is 17.3 Å². The Labute approximate surface area is 201 Å². The average molecular weight is 475 g/mol. The van der Waals surface area contributed by atoms with Crippen molar-refractivity contribution in [2.45, 2.75) is 100 Å². The van der Waals surface area contributed by atoms with Crippen molar-refractivity contribution < 1.29 is 29.2 Å². The standard InChI is InChI=1S/C26H38N2O6/c1-14(29)20(23(31)34-24(2,3)4)27-16-9-10-26(32-6)18-13-15-7-8-17(30)21-19(15)25(26,22(16)33-21)11-12-28(18)5/h7-8,14,16,18,20,22,27,29-30H,9-13H2,1-6H3/t14-,16-,18-,20+,22+,25+,26-/m1/s1. The molecule has 1 saturated carbocycles. The van der Waals surface area contributed by atoms with Crippen LogP contribution in [0.25, 0.3) is 0 Å². The summed E-state index contributed by atoms with van der Waals surface area (Å²) in [5, 5.41) is 24.7. The maximum atomic E-state index is 13.0. The van der Waals surface area contributed by atoms with E-state index in [1.165, 1.54) is 5.56 Å². The Kier molecular flexibility index (Phi) is 5.48. The van der Waals surface area contributed by atoms with Crippen LogP contribution < -0.4 is 10.1 Å². The van der Waals surface area contributed by atoms with Crippen molar-refractivity contribution in [1.82, 2.24) is 10.2 Å². The Bertz CT molecular complexity index is 990. The molecule has 1 spiro atoms. The van der Waals surface area contributed by atoms with E-state index in [9.17, 15) is 15.0 Å². The predicted molar refractivity (Wildman–Crippen MR) is 126 cm³/mol. The van der Waals surface area contributed by atoms with Crippen molar-refractivity contribution in [3.05, 3.63) is 23.3 Å². The second-order valence-electron chi connectivity index (χ2n) is 11.6. The number of phenols is 1. The van der Waals surface area contributed by atoms with Crippen molar-refractivity contribution in [2.24, 2.45) is 0 Å². The number of aromatic hydroxyl groups is 1. The molecule has 0 amide bonds. The first kappa shape index (κ1) is 23.9. The van der Waals surface area contributed by atoms with Crippen LogP contribution in [0.15, 0.2) is 12.1 Å². The largest absolute Gasteiger partial charge is 0.504 e. The first-order valence-electron chi connectivity index (χ1n) is 12.4. The number of likely N-dealkylation sites (tertiary alicyclic amines) is 1. The lowest BCUT2D eigenvalue weighted by Gasteiger charge is -2.65. The summed E-state index contributed by atoms with van der Waals surface area (Å²) in [4.78, 5) is 15.4. The Balaban J connectivity index is 1.57. The van der Waals surface area contributed by atoms with Crippen molar-refractivity contribution in [2.75, 3.05) is 20.7 Å². The molecule has 1 aromatic carbocycles. The summed E-state index contributed by atoms with van der Waals surface area (Å²) in [7, 11) is 3.95. The van der Waals surface area contributed by atoms with Gasteiger partial charge >= 0.3 is 5.97 Å². The van der Waals surface area contributed by atoms with E-state index in [0.717, 1.165) is 31.4 Å². The number of piperidine rings is 1. The molecule has 2 heterocycles. The molecule has 7 atom stereocenters. The van der Waals surface area contributed by atoms with Crippen molar-refractivity contribution in [3.8, 4) is 11.5 Å². The normalized spacial score (nSPS) is 35.8. The quantitative estimate of drug-likeness (QED) is 0.557. The number of esters is 1. The number of aliphatic hydroxyl groups excluding tert-OH is 1. The summed E-state index contributed by atoms with van der Waals surface area (Å²) in [5.41, 5.74) is 0.697. The Morgan fingerprint density at radius 1 is 1.32 bits per heavy atom. The molecule has 0 radical (unpaired) electrons. The van der Waals surface area contributed by atoms with Crippen molar-refractivity contribution in [3.63, 3.8) is 0 Å². The zero-order valence-corrected chi connectivity index (χ0v) is 21.1. The van der Waals surface area contributed by atoms with Gasteiger partial charge in [-0.05, 0) is 78.6 Å². The fourth-order valence-electron chi connectivity index (χ4n) is 7.31. The highest BCUT2D eigenvalue weighted by atomic mass is 16.6. The SMILES string of the molecule is CO[C@@]12CC[C@@H](N[C@H](C(=O)OC(C)(C)C)[C@@H](C)O)[C@@H]3Oc4c(O)ccc5c4[C@@]31CCN(C)[C@@H]2C5. The highest BCUT2D eigenvalue weighted by Gasteiger charge is 2.73. The van der Waals surface area contributed by atoms with Gasteiger partial charge in [0.1, 0.15) is 17.7 Å². The molecular weight excluding hydrogens is 436 g/mol. The highest BCUT2D eigenvalue weighted by molar-refractivity contribution is 5.77. The van der Waals surface area contributed by atoms with Crippen LogP contribution in [-0.2, 0) is 26.1 Å². The third-order valence-electron chi connectivity index (χ3n) is 8.59. The van der Waals surface area contributed by atoms with Crippen molar-refractivity contribution >= 4 is 5.97 Å². The number of hydrogen-bond donors (Lipinski definition) is 3. The zero-order valence-electron chi connectivity index (χ0n) is 21.1. The van der Waals surface area contributed by atoms with E-state index < -0.39 is 34.7 Å². The van der Waals surface area contributed by atoms with E-state index in [4.69, 9.17) is 14.2 Å². The number of methoxy groups -OCH3 is 1. The van der Waals surface area contributed by atoms with Gasteiger partial charge in [0.15, 0.2) is 11.5 Å². The second-order valence-corrected chi connectivity index (χ2v) is 11.6. The number of benzene rings is 1. The number of aliphatic hydroxyl groups is 1. The molecule has 3 N–H and O–H groups in total. The third kappa shape index (κ3) is 3.15. The van der Waals surface area contributed by atoms with E-state index in [0.29, 0.717) is 12.2 Å². The zero-order chi connectivity index (χ0) is 24.6. The van der Waals surface area contributed by atoms with Gasteiger partial charge in [-0.25, -0.2) is 0 Å². The average Bonchev–Trinajstić information content (AvgIpc) is 3.11. The highest BCUT2D eigenvalue weighted by Crippen LogP contribution is 2.66. The molecule has 188 valence electrons. The molecule has 5 rings (SSSR count). The molecule has 0 aromatic heterocycles. The van der Waals surface area contributed by atoms with Crippen LogP contribution in [0.5, 0.6) is 11.5 Å². The number of ether oxygens (including phenoxy) is 3. The summed E-state index contributed by atoms with van der Waals surface area (Å²) >= 11 is 0. The van der Waals surface area contributed by atoms with Gasteiger partial charge in [-0.1, -0.05) is 6.07 Å². The molecule has 1 aromatic rings. The monoisotopic (exact) mass is 474 g/mol. The van der Waals surface area contributed by atoms with Gasteiger partial charge in [0.2, 0.25) is 0 Å². The smallest absolute Gasteiger partial charge is 0.326 e. The molecule has 8 heteroatoms. The third-order valence-corrected chi connectivity index (χ3v) is 8.59. The van der Waals surface area contributed by atoms with Gasteiger partial charge in [0.05, 0.1) is 17.1 Å². The number of carbonyl (C=O) groups excluding carboxylic acids is 1. The number of nitrogens with one attached hydrogen (secondary N) is 1. The first-order chi connectivity index (χ1) is 15.9. The summed E-state index contributed by atoms with van der Waals surface area (Å²) in [5.74, 6) is 0.210. The fourth-order valence-corrected chi connectivity index (χ4v) is 7.31. The molecule has 2 fully saturated rings. The minimum absolute atomic E-state index is 0.142. The van der Waals surface area contributed by atoms with E-state index in [1.807, 2.05) is 26.8 Å². The Morgan fingerprint density at radius 2 is 2.06 bits per heavy atom. The van der Waals surface area contributed by atoms with Gasteiger partial charge in [0.25, 0.3) is 0 Å². The van der Waals surface area contributed by atoms with Gasteiger partial charge in [-0.3, -0.25) is 10.1 Å². The van der Waals surface area contributed by atoms with Gasteiger partial charge < -0.3 is 29.3 Å². The van der Waals surface area contributed by atoms with Crippen LogP contribution in [0.4, 0.5) is 0 Å². The second kappa shape index (κ2) is 7.82. The number of hydrogen-bond acceptors (Lipinski definition) is 8. The number of nitrogens with zero attached hydrogens (tertiary/aromatic N) is 1. The molecule has 1 saturated heterocycles. The van der Waals surface area contributed by atoms with Gasteiger partial charge in [0, 0.05) is 24.8 Å². The number of rotatable bonds is 5. The minimum Gasteiger partial charge on any atom is -0.504 e. The van der Waals surface area contributed by atoms with Crippen LogP contribution in [0, 0.1) is 0 Å². The Hall–Kier alpha value is -1.87. The van der Waals surface area contributed by atoms with Crippen molar-refractivity contribution in [1.29, 1.82) is 0 Å². The fraction of sp³-hybridized carbons (Fsp3) is 0.731. The lowest BCUT2D eigenvalue weighted by atomic mass is 9.48. The summed E-state index contributed by atoms with van der Waals surface area (Å²) in [6.07, 6.45) is 1.88. The van der Waals surface area contributed by atoms with Crippen LogP contribution in [0.3, 0.4) is 0 Å². The summed E-state index contributed by atoms with van der Waals surface area (Å²) in [6, 6.07) is 2.82. The summed E-state index contributed by atoms with van der Waals surface area (Å²) in [6.45, 7) is 7.94.